The van der Waals surface area contributed by atoms with Crippen molar-refractivity contribution in [2.45, 2.75) is 12.7 Å². The van der Waals surface area contributed by atoms with E-state index in [-0.39, 0.29) is 22.4 Å². The van der Waals surface area contributed by atoms with E-state index in [1.807, 2.05) is 42.5 Å². The van der Waals surface area contributed by atoms with E-state index < -0.39 is 11.7 Å². The Morgan fingerprint density at radius 2 is 1.28 bits per heavy atom. The number of aromatic nitrogens is 3. The average Bonchev–Trinajstić information content (AvgIpc) is 3.18. The second-order valence-corrected chi connectivity index (χ2v) is 7.48. The van der Waals surface area contributed by atoms with Gasteiger partial charge in [0.2, 0.25) is 0 Å². The second kappa shape index (κ2) is 7.96. The van der Waals surface area contributed by atoms with Gasteiger partial charge in [0.1, 0.15) is 5.69 Å². The van der Waals surface area contributed by atoms with E-state index in [9.17, 15) is 13.2 Å². The minimum atomic E-state index is -4.56. The summed E-state index contributed by atoms with van der Waals surface area (Å²) in [6.45, 7) is 0.312. The van der Waals surface area contributed by atoms with Gasteiger partial charge in [-0.05, 0) is 11.6 Å². The first-order valence-corrected chi connectivity index (χ1v) is 10.1. The molecule has 0 fully saturated rings. The average molecular weight is 429 g/mol. The van der Waals surface area contributed by atoms with Gasteiger partial charge in [-0.15, -0.1) is 0 Å². The van der Waals surface area contributed by atoms with Crippen molar-refractivity contribution in [2.75, 3.05) is 0 Å². The zero-order chi connectivity index (χ0) is 22.1. The number of hydrogen-bond acceptors (Lipinski definition) is 2. The Morgan fingerprint density at radius 3 is 1.88 bits per heavy atom. The zero-order valence-electron chi connectivity index (χ0n) is 16.9. The fourth-order valence-corrected chi connectivity index (χ4v) is 3.81. The number of rotatable bonds is 4. The second-order valence-electron chi connectivity index (χ2n) is 7.48. The molecule has 0 atom stereocenters. The Hall–Kier alpha value is -3.93. The van der Waals surface area contributed by atoms with Crippen LogP contribution in [0.25, 0.3) is 33.5 Å². The summed E-state index contributed by atoms with van der Waals surface area (Å²) in [5, 5.41) is 4.63. The van der Waals surface area contributed by atoms with Crippen LogP contribution in [0.2, 0.25) is 0 Å². The molecule has 3 nitrogen and oxygen atoms in total. The van der Waals surface area contributed by atoms with Gasteiger partial charge >= 0.3 is 6.18 Å². The summed E-state index contributed by atoms with van der Waals surface area (Å²) in [6.07, 6.45) is -4.56. The molecule has 0 aliphatic rings. The number of hydrogen-bond donors (Lipinski definition) is 0. The lowest BCUT2D eigenvalue weighted by Crippen LogP contribution is -2.08. The van der Waals surface area contributed by atoms with Gasteiger partial charge in [0, 0.05) is 11.1 Å². The Morgan fingerprint density at radius 1 is 0.719 bits per heavy atom. The third kappa shape index (κ3) is 3.75. The smallest absolute Gasteiger partial charge is 0.242 e. The van der Waals surface area contributed by atoms with Crippen LogP contribution in [0, 0.1) is 0 Å². The lowest BCUT2D eigenvalue weighted by molar-refractivity contribution is -0.136. The third-order valence-corrected chi connectivity index (χ3v) is 5.30. The summed E-state index contributed by atoms with van der Waals surface area (Å²) in [5.74, 6) is 0. The molecule has 0 N–H and O–H groups in total. The number of pyridine rings is 1. The molecule has 0 saturated heterocycles. The van der Waals surface area contributed by atoms with Crippen LogP contribution in [0.5, 0.6) is 0 Å². The molecule has 5 aromatic rings. The van der Waals surface area contributed by atoms with Crippen LogP contribution in [0.15, 0.2) is 97.1 Å². The van der Waals surface area contributed by atoms with Crippen LogP contribution < -0.4 is 0 Å². The minimum Gasteiger partial charge on any atom is -0.242 e. The highest BCUT2D eigenvalue weighted by Crippen LogP contribution is 2.41. The summed E-state index contributed by atoms with van der Waals surface area (Å²) < 4.78 is 44.4. The van der Waals surface area contributed by atoms with Crippen LogP contribution in [0.1, 0.15) is 11.1 Å². The molecule has 158 valence electrons. The van der Waals surface area contributed by atoms with E-state index in [1.165, 1.54) is 0 Å². The molecule has 0 saturated carbocycles. The lowest BCUT2D eigenvalue weighted by atomic mass is 10.0. The number of fused-ring (bicyclic) bond motifs is 1. The summed E-state index contributed by atoms with van der Waals surface area (Å²) >= 11 is 0. The quantitative estimate of drug-likeness (QED) is 0.313. The number of halogens is 3. The number of nitrogens with zero attached hydrogens (tertiary/aromatic N) is 3. The van der Waals surface area contributed by atoms with Crippen molar-refractivity contribution >= 4 is 11.0 Å². The van der Waals surface area contributed by atoms with Gasteiger partial charge in [-0.1, -0.05) is 91.0 Å². The molecule has 32 heavy (non-hydrogen) atoms. The van der Waals surface area contributed by atoms with Crippen molar-refractivity contribution in [3.05, 3.63) is 108 Å². The predicted molar refractivity (Wildman–Crippen MR) is 119 cm³/mol. The van der Waals surface area contributed by atoms with Crippen LogP contribution >= 0.6 is 0 Å². The molecule has 2 aromatic heterocycles. The summed E-state index contributed by atoms with van der Waals surface area (Å²) in [5.41, 5.74) is 2.17. The van der Waals surface area contributed by atoms with Gasteiger partial charge in [0.15, 0.2) is 5.65 Å². The molecule has 0 unspecified atom stereocenters. The molecule has 0 radical (unpaired) electrons. The molecule has 2 heterocycles. The first-order chi connectivity index (χ1) is 15.5. The molecule has 0 amide bonds. The highest BCUT2D eigenvalue weighted by molar-refractivity contribution is 5.95. The van der Waals surface area contributed by atoms with E-state index in [2.05, 4.69) is 10.1 Å². The predicted octanol–water partition coefficient (Wildman–Crippen LogP) is 6.83. The molecular formula is C26H18F3N3. The molecular weight excluding hydrogens is 411 g/mol. The first-order valence-electron chi connectivity index (χ1n) is 10.1. The van der Waals surface area contributed by atoms with Gasteiger partial charge in [-0.3, -0.25) is 0 Å². The van der Waals surface area contributed by atoms with Crippen molar-refractivity contribution in [2.24, 2.45) is 0 Å². The monoisotopic (exact) mass is 429 g/mol. The Balaban J connectivity index is 1.83. The highest BCUT2D eigenvalue weighted by Gasteiger charge is 2.36. The van der Waals surface area contributed by atoms with E-state index in [4.69, 9.17) is 0 Å². The largest absolute Gasteiger partial charge is 0.417 e. The maximum absolute atomic E-state index is 14.3. The van der Waals surface area contributed by atoms with Crippen molar-refractivity contribution in [1.29, 1.82) is 0 Å². The van der Waals surface area contributed by atoms with Crippen molar-refractivity contribution in [3.63, 3.8) is 0 Å². The lowest BCUT2D eigenvalue weighted by Gasteiger charge is -2.12. The molecule has 0 aliphatic carbocycles. The first kappa shape index (κ1) is 20.0. The number of alkyl halides is 3. The zero-order valence-corrected chi connectivity index (χ0v) is 16.9. The molecule has 5 rings (SSSR count). The van der Waals surface area contributed by atoms with Crippen LogP contribution in [-0.2, 0) is 12.7 Å². The summed E-state index contributed by atoms with van der Waals surface area (Å²) in [6, 6.07) is 28.5. The van der Waals surface area contributed by atoms with Crippen molar-refractivity contribution in [1.82, 2.24) is 14.8 Å². The Labute approximate surface area is 182 Å². The molecule has 0 bridgehead atoms. The van der Waals surface area contributed by atoms with Crippen molar-refractivity contribution < 1.29 is 13.2 Å². The van der Waals surface area contributed by atoms with Crippen LogP contribution in [-0.4, -0.2) is 14.8 Å². The van der Waals surface area contributed by atoms with Gasteiger partial charge in [0.25, 0.3) is 0 Å². The maximum Gasteiger partial charge on any atom is 0.417 e. The molecule has 3 aromatic carbocycles. The van der Waals surface area contributed by atoms with Crippen LogP contribution in [0.3, 0.4) is 0 Å². The van der Waals surface area contributed by atoms with Gasteiger partial charge in [-0.25, -0.2) is 9.67 Å². The van der Waals surface area contributed by atoms with Gasteiger partial charge in [-0.2, -0.15) is 18.3 Å². The standard InChI is InChI=1S/C26H18F3N3/c27-26(28,29)21-16-22(19-12-6-2-7-13-19)30-25-23(21)24(20-14-8-3-9-15-20)31-32(25)17-18-10-4-1-5-11-18/h1-16H,17H2. The molecule has 0 aliphatic heterocycles. The fraction of sp³-hybridized carbons (Fsp3) is 0.0769. The number of benzene rings is 3. The summed E-state index contributed by atoms with van der Waals surface area (Å²) in [4.78, 5) is 4.66. The van der Waals surface area contributed by atoms with Gasteiger partial charge in [0.05, 0.1) is 23.2 Å². The van der Waals surface area contributed by atoms with Crippen molar-refractivity contribution in [3.8, 4) is 22.5 Å². The normalized spacial score (nSPS) is 11.7. The maximum atomic E-state index is 14.3. The molecule has 6 heteroatoms. The Bertz CT molecular complexity index is 1360. The van der Waals surface area contributed by atoms with E-state index >= 15 is 0 Å². The van der Waals surface area contributed by atoms with E-state index in [0.29, 0.717) is 17.7 Å². The Kier molecular flexibility index (Phi) is 4.98. The SMILES string of the molecule is FC(F)(F)c1cc(-c2ccccc2)nc2c1c(-c1ccccc1)nn2Cc1ccccc1. The third-order valence-electron chi connectivity index (χ3n) is 5.30. The van der Waals surface area contributed by atoms with E-state index in [1.54, 1.807) is 53.2 Å². The van der Waals surface area contributed by atoms with Crippen LogP contribution in [0.4, 0.5) is 13.2 Å². The van der Waals surface area contributed by atoms with E-state index in [0.717, 1.165) is 11.6 Å². The minimum absolute atomic E-state index is 0.0133. The molecule has 0 spiro atoms. The highest BCUT2D eigenvalue weighted by atomic mass is 19.4. The fourth-order valence-electron chi connectivity index (χ4n) is 3.81. The summed E-state index contributed by atoms with van der Waals surface area (Å²) in [7, 11) is 0. The van der Waals surface area contributed by atoms with Gasteiger partial charge < -0.3 is 0 Å². The topological polar surface area (TPSA) is 30.7 Å².